The molecule has 2 fully saturated rings. The number of hydrogen-bond acceptors (Lipinski definition) is 4. The predicted octanol–water partition coefficient (Wildman–Crippen LogP) is 2.53. The highest BCUT2D eigenvalue weighted by molar-refractivity contribution is 5.76. The number of carbonyl (C=O) groups excluding carboxylic acids is 1. The first kappa shape index (κ1) is 21.1. The van der Waals surface area contributed by atoms with Crippen molar-refractivity contribution in [3.05, 3.63) is 30.1 Å². The quantitative estimate of drug-likeness (QED) is 0.716. The van der Waals surface area contributed by atoms with E-state index in [-0.39, 0.29) is 11.7 Å². The van der Waals surface area contributed by atoms with E-state index in [9.17, 15) is 9.18 Å². The number of anilines is 1. The fraction of sp³-hybridized carbons (Fsp3) is 0.682. The average molecular weight is 391 g/mol. The second kappa shape index (κ2) is 10.2. The van der Waals surface area contributed by atoms with Crippen molar-refractivity contribution in [2.75, 3.05) is 70.3 Å². The van der Waals surface area contributed by atoms with E-state index in [0.29, 0.717) is 6.42 Å². The third-order valence-electron chi connectivity index (χ3n) is 5.95. The minimum atomic E-state index is -0.210. The zero-order valence-electron chi connectivity index (χ0n) is 17.4. The van der Waals surface area contributed by atoms with Crippen molar-refractivity contribution >= 4 is 11.6 Å². The molecule has 1 aromatic carbocycles. The molecule has 2 aliphatic heterocycles. The summed E-state index contributed by atoms with van der Waals surface area (Å²) in [5, 5.41) is 0. The summed E-state index contributed by atoms with van der Waals surface area (Å²) in [4.78, 5) is 21.8. The number of benzene rings is 1. The van der Waals surface area contributed by atoms with Crippen LogP contribution in [-0.2, 0) is 4.79 Å². The Morgan fingerprint density at radius 1 is 0.893 bits per heavy atom. The Bertz CT molecular complexity index is 605. The van der Waals surface area contributed by atoms with Crippen LogP contribution in [0.5, 0.6) is 0 Å². The van der Waals surface area contributed by atoms with Gasteiger partial charge in [0.2, 0.25) is 5.91 Å². The lowest BCUT2D eigenvalue weighted by atomic mass is 10.1. The van der Waals surface area contributed by atoms with E-state index >= 15 is 0 Å². The van der Waals surface area contributed by atoms with Gasteiger partial charge in [0.15, 0.2) is 0 Å². The lowest BCUT2D eigenvalue weighted by Gasteiger charge is -2.37. The van der Waals surface area contributed by atoms with Gasteiger partial charge < -0.3 is 19.6 Å². The summed E-state index contributed by atoms with van der Waals surface area (Å²) in [5.74, 6) is 0.818. The van der Waals surface area contributed by atoms with E-state index in [1.54, 1.807) is 0 Å². The average Bonchev–Trinajstić information content (AvgIpc) is 2.72. The van der Waals surface area contributed by atoms with E-state index in [1.165, 1.54) is 25.1 Å². The van der Waals surface area contributed by atoms with Crippen LogP contribution in [0.25, 0.3) is 0 Å². The van der Waals surface area contributed by atoms with Gasteiger partial charge in [-0.3, -0.25) is 4.79 Å². The van der Waals surface area contributed by atoms with Crippen molar-refractivity contribution in [3.63, 3.8) is 0 Å². The molecule has 2 saturated heterocycles. The molecule has 6 heteroatoms. The topological polar surface area (TPSA) is 30.0 Å². The van der Waals surface area contributed by atoms with E-state index in [4.69, 9.17) is 0 Å². The Labute approximate surface area is 169 Å². The number of rotatable bonds is 7. The predicted molar refractivity (Wildman–Crippen MR) is 112 cm³/mol. The first-order valence-electron chi connectivity index (χ1n) is 10.7. The number of amides is 1. The van der Waals surface area contributed by atoms with Crippen LogP contribution in [0.4, 0.5) is 10.1 Å². The Hall–Kier alpha value is -1.66. The molecular weight excluding hydrogens is 355 g/mol. The number of hydrogen-bond donors (Lipinski definition) is 0. The Morgan fingerprint density at radius 3 is 2.04 bits per heavy atom. The third kappa shape index (κ3) is 6.17. The Balaban J connectivity index is 1.33. The summed E-state index contributed by atoms with van der Waals surface area (Å²) >= 11 is 0. The first-order valence-corrected chi connectivity index (χ1v) is 10.7. The van der Waals surface area contributed by atoms with Crippen molar-refractivity contribution in [3.8, 4) is 0 Å². The summed E-state index contributed by atoms with van der Waals surface area (Å²) in [6, 6.07) is 6.62. The molecule has 0 radical (unpaired) electrons. The molecule has 2 heterocycles. The molecule has 3 rings (SSSR count). The second-order valence-corrected chi connectivity index (χ2v) is 8.46. The van der Waals surface area contributed by atoms with Gasteiger partial charge in [-0.05, 0) is 43.1 Å². The van der Waals surface area contributed by atoms with E-state index in [0.717, 1.165) is 70.5 Å². The summed E-state index contributed by atoms with van der Waals surface area (Å²) in [7, 11) is 0. The lowest BCUT2D eigenvalue weighted by molar-refractivity contribution is -0.131. The van der Waals surface area contributed by atoms with Crippen LogP contribution < -0.4 is 4.90 Å². The molecule has 28 heavy (non-hydrogen) atoms. The Kier molecular flexibility index (Phi) is 7.68. The lowest BCUT2D eigenvalue weighted by Crippen LogP contribution is -2.50. The van der Waals surface area contributed by atoms with Gasteiger partial charge in [-0.1, -0.05) is 13.8 Å². The molecule has 1 aromatic rings. The van der Waals surface area contributed by atoms with Crippen LogP contribution in [0.3, 0.4) is 0 Å². The molecule has 0 spiro atoms. The van der Waals surface area contributed by atoms with Crippen LogP contribution in [0.1, 0.15) is 26.7 Å². The van der Waals surface area contributed by atoms with Crippen molar-refractivity contribution in [2.24, 2.45) is 5.92 Å². The summed E-state index contributed by atoms with van der Waals surface area (Å²) in [6.07, 6.45) is 1.88. The zero-order chi connectivity index (χ0) is 19.9. The van der Waals surface area contributed by atoms with E-state index in [2.05, 4.69) is 28.5 Å². The van der Waals surface area contributed by atoms with Crippen LogP contribution in [0.2, 0.25) is 0 Å². The fourth-order valence-corrected chi connectivity index (χ4v) is 3.96. The molecule has 0 aliphatic carbocycles. The Morgan fingerprint density at radius 2 is 1.46 bits per heavy atom. The molecule has 5 nitrogen and oxygen atoms in total. The largest absolute Gasteiger partial charge is 0.368 e. The highest BCUT2D eigenvalue weighted by Gasteiger charge is 2.23. The SMILES string of the molecule is CC(C)CCN1CCN(CCC(=O)N2CCN(c3ccc(F)cc3)CC2)CC1. The van der Waals surface area contributed by atoms with Gasteiger partial charge in [-0.25, -0.2) is 4.39 Å². The van der Waals surface area contributed by atoms with Crippen molar-refractivity contribution in [2.45, 2.75) is 26.7 Å². The van der Waals surface area contributed by atoms with Crippen molar-refractivity contribution < 1.29 is 9.18 Å². The highest BCUT2D eigenvalue weighted by atomic mass is 19.1. The normalized spacial score (nSPS) is 19.4. The van der Waals surface area contributed by atoms with Crippen LogP contribution in [0, 0.1) is 11.7 Å². The first-order chi connectivity index (χ1) is 13.5. The van der Waals surface area contributed by atoms with Crippen molar-refractivity contribution in [1.29, 1.82) is 0 Å². The minimum Gasteiger partial charge on any atom is -0.368 e. The molecule has 0 atom stereocenters. The number of piperazine rings is 2. The molecule has 156 valence electrons. The summed E-state index contributed by atoms with van der Waals surface area (Å²) in [5.41, 5.74) is 1.03. The van der Waals surface area contributed by atoms with Gasteiger partial charge >= 0.3 is 0 Å². The van der Waals surface area contributed by atoms with E-state index < -0.39 is 0 Å². The molecule has 2 aliphatic rings. The number of halogens is 1. The van der Waals surface area contributed by atoms with Gasteiger partial charge in [0.1, 0.15) is 5.82 Å². The third-order valence-corrected chi connectivity index (χ3v) is 5.95. The van der Waals surface area contributed by atoms with Crippen LogP contribution in [-0.4, -0.2) is 86.1 Å². The monoisotopic (exact) mass is 390 g/mol. The van der Waals surface area contributed by atoms with Crippen molar-refractivity contribution in [1.82, 2.24) is 14.7 Å². The fourth-order valence-electron chi connectivity index (χ4n) is 3.96. The molecule has 1 amide bonds. The van der Waals surface area contributed by atoms with Gasteiger partial charge in [0.25, 0.3) is 0 Å². The maximum absolute atomic E-state index is 13.1. The molecule has 0 unspecified atom stereocenters. The second-order valence-electron chi connectivity index (χ2n) is 8.46. The van der Waals surface area contributed by atoms with Crippen LogP contribution >= 0.6 is 0 Å². The highest BCUT2D eigenvalue weighted by Crippen LogP contribution is 2.17. The maximum Gasteiger partial charge on any atom is 0.223 e. The zero-order valence-corrected chi connectivity index (χ0v) is 17.4. The number of nitrogens with zero attached hydrogens (tertiary/aromatic N) is 4. The molecule has 0 bridgehead atoms. The molecule has 0 saturated carbocycles. The summed E-state index contributed by atoms with van der Waals surface area (Å²) in [6.45, 7) is 14.1. The molecule has 0 aromatic heterocycles. The standard InChI is InChI=1S/C22H35FN4O/c1-19(2)7-9-24-11-13-25(14-12-24)10-8-22(28)27-17-15-26(16-18-27)21-5-3-20(23)4-6-21/h3-6,19H,7-18H2,1-2H3. The molecule has 0 N–H and O–H groups in total. The van der Waals surface area contributed by atoms with Crippen LogP contribution in [0.15, 0.2) is 24.3 Å². The van der Waals surface area contributed by atoms with Gasteiger partial charge in [0, 0.05) is 71.0 Å². The van der Waals surface area contributed by atoms with Gasteiger partial charge in [0.05, 0.1) is 0 Å². The van der Waals surface area contributed by atoms with Gasteiger partial charge in [-0.2, -0.15) is 0 Å². The van der Waals surface area contributed by atoms with Gasteiger partial charge in [-0.15, -0.1) is 0 Å². The number of carbonyl (C=O) groups is 1. The molecular formula is C22H35FN4O. The smallest absolute Gasteiger partial charge is 0.223 e. The maximum atomic E-state index is 13.1. The van der Waals surface area contributed by atoms with E-state index in [1.807, 2.05) is 17.0 Å². The summed E-state index contributed by atoms with van der Waals surface area (Å²) < 4.78 is 13.1. The minimum absolute atomic E-state index is 0.210.